The predicted molar refractivity (Wildman–Crippen MR) is 180 cm³/mol. The first kappa shape index (κ1) is 40.3. The molecule has 242 valence electrons. The van der Waals surface area contributed by atoms with Gasteiger partial charge in [0.25, 0.3) is 0 Å². The molecule has 0 rings (SSSR count). The van der Waals surface area contributed by atoms with Crippen LogP contribution in [0.3, 0.4) is 0 Å². The molecule has 0 heterocycles. The van der Waals surface area contributed by atoms with E-state index in [0.29, 0.717) is 0 Å². The molecule has 0 aromatic rings. The van der Waals surface area contributed by atoms with Crippen LogP contribution in [0.2, 0.25) is 0 Å². The molecular weight excluding hydrogens is 511 g/mol. The third-order valence-corrected chi connectivity index (χ3v) is 9.45. The monoisotopic (exact) mass is 587 g/mol. The van der Waals surface area contributed by atoms with Crippen molar-refractivity contribution in [2.24, 2.45) is 0 Å². The second-order valence-electron chi connectivity index (χ2n) is 12.6. The van der Waals surface area contributed by atoms with Crippen LogP contribution in [0.4, 0.5) is 0 Å². The average Bonchev–Trinajstić information content (AvgIpc) is 2.95. The van der Waals surface area contributed by atoms with Crippen molar-refractivity contribution >= 4 is 8.60 Å². The fourth-order valence-corrected chi connectivity index (χ4v) is 6.72. The zero-order valence-electron chi connectivity index (χ0n) is 28.1. The number of hydrogen-bond acceptors (Lipinski definition) is 3. The Morgan fingerprint density at radius 1 is 0.350 bits per heavy atom. The number of rotatable bonds is 34. The van der Waals surface area contributed by atoms with Crippen molar-refractivity contribution in [3.63, 3.8) is 0 Å². The Morgan fingerprint density at radius 3 is 0.775 bits per heavy atom. The van der Waals surface area contributed by atoms with Gasteiger partial charge in [-0.15, -0.1) is 0 Å². The van der Waals surface area contributed by atoms with Crippen molar-refractivity contribution in [2.45, 2.75) is 233 Å². The van der Waals surface area contributed by atoms with E-state index in [-0.39, 0.29) is 12.2 Å². The van der Waals surface area contributed by atoms with Crippen molar-refractivity contribution in [3.05, 3.63) is 0 Å². The second kappa shape index (κ2) is 33.8. The van der Waals surface area contributed by atoms with Gasteiger partial charge in [0, 0.05) is 0 Å². The molecule has 1 N–H and O–H groups in total. The third kappa shape index (κ3) is 29.8. The molecule has 0 radical (unpaired) electrons. The van der Waals surface area contributed by atoms with E-state index in [2.05, 4.69) is 27.7 Å². The Balaban J connectivity index is 4.65. The quantitative estimate of drug-likeness (QED) is 0.0602. The standard InChI is InChI=1S/C36H75O3P/c1-5-9-13-17-21-25-29-33-35(31-27-23-19-15-11-7-3)38-40(37)39-36(32-28-24-20-16-12-8-4)34-30-26-22-18-14-10-6-2/h35-37H,5-34H2,1-4H3. The van der Waals surface area contributed by atoms with Gasteiger partial charge in [0.05, 0.1) is 12.2 Å². The van der Waals surface area contributed by atoms with Crippen LogP contribution < -0.4 is 0 Å². The first-order chi connectivity index (χ1) is 19.7. The summed E-state index contributed by atoms with van der Waals surface area (Å²) >= 11 is 0. The van der Waals surface area contributed by atoms with E-state index < -0.39 is 8.60 Å². The molecule has 0 aromatic heterocycles. The van der Waals surface area contributed by atoms with Gasteiger partial charge in [-0.05, 0) is 25.7 Å². The molecule has 0 amide bonds. The van der Waals surface area contributed by atoms with Gasteiger partial charge in [0.1, 0.15) is 0 Å². The second-order valence-corrected chi connectivity index (χ2v) is 13.5. The van der Waals surface area contributed by atoms with Crippen molar-refractivity contribution in [1.29, 1.82) is 0 Å². The molecule has 0 saturated heterocycles. The predicted octanol–water partition coefficient (Wildman–Crippen LogP) is 13.8. The largest absolute Gasteiger partial charge is 0.330 e. The Hall–Kier alpha value is 0.310. The molecule has 4 heteroatoms. The van der Waals surface area contributed by atoms with E-state index in [9.17, 15) is 4.89 Å². The molecule has 0 saturated carbocycles. The molecule has 2 unspecified atom stereocenters. The van der Waals surface area contributed by atoms with Crippen molar-refractivity contribution < 1.29 is 13.9 Å². The van der Waals surface area contributed by atoms with Crippen LogP contribution in [-0.2, 0) is 9.05 Å². The molecule has 0 aliphatic carbocycles. The Kier molecular flexibility index (Phi) is 34.1. The lowest BCUT2D eigenvalue weighted by Crippen LogP contribution is -2.15. The van der Waals surface area contributed by atoms with Gasteiger partial charge in [0.15, 0.2) is 0 Å². The molecule has 0 aromatic carbocycles. The summed E-state index contributed by atoms with van der Waals surface area (Å²) in [4.78, 5) is 11.0. The highest BCUT2D eigenvalue weighted by Crippen LogP contribution is 2.40. The number of hydrogen-bond donors (Lipinski definition) is 1. The van der Waals surface area contributed by atoms with Crippen LogP contribution in [0, 0.1) is 0 Å². The van der Waals surface area contributed by atoms with Gasteiger partial charge in [0.2, 0.25) is 0 Å². The summed E-state index contributed by atoms with van der Waals surface area (Å²) in [6, 6.07) is 0. The minimum Gasteiger partial charge on any atom is -0.328 e. The lowest BCUT2D eigenvalue weighted by Gasteiger charge is -2.24. The van der Waals surface area contributed by atoms with E-state index >= 15 is 0 Å². The van der Waals surface area contributed by atoms with Crippen LogP contribution in [0.1, 0.15) is 220 Å². The summed E-state index contributed by atoms with van der Waals surface area (Å²) in [5, 5.41) is 0. The smallest absolute Gasteiger partial charge is 0.328 e. The molecular formula is C36H75O3P. The highest BCUT2D eigenvalue weighted by atomic mass is 31.2. The van der Waals surface area contributed by atoms with Gasteiger partial charge < -0.3 is 13.9 Å². The van der Waals surface area contributed by atoms with Gasteiger partial charge >= 0.3 is 8.60 Å². The maximum atomic E-state index is 11.0. The van der Waals surface area contributed by atoms with Gasteiger partial charge in [-0.3, -0.25) is 0 Å². The molecule has 0 aliphatic rings. The van der Waals surface area contributed by atoms with Crippen LogP contribution in [0.5, 0.6) is 0 Å². The SMILES string of the molecule is CCCCCCCCCC(CCCCCCCC)OP(O)OC(CCCCCCCC)CCCCCCCCC. The van der Waals surface area contributed by atoms with Crippen molar-refractivity contribution in [2.75, 3.05) is 0 Å². The van der Waals surface area contributed by atoms with E-state index in [1.807, 2.05) is 0 Å². The molecule has 0 spiro atoms. The number of unbranched alkanes of at least 4 members (excludes halogenated alkanes) is 22. The van der Waals surface area contributed by atoms with Crippen molar-refractivity contribution in [1.82, 2.24) is 0 Å². The van der Waals surface area contributed by atoms with Gasteiger partial charge in [-0.25, -0.2) is 0 Å². The van der Waals surface area contributed by atoms with E-state index in [4.69, 9.17) is 9.05 Å². The Labute approximate surface area is 254 Å². The van der Waals surface area contributed by atoms with Gasteiger partial charge in [-0.1, -0.05) is 195 Å². The summed E-state index contributed by atoms with van der Waals surface area (Å²) in [5.41, 5.74) is 0. The summed E-state index contributed by atoms with van der Waals surface area (Å²) in [7, 11) is -1.78. The fraction of sp³-hybridized carbons (Fsp3) is 1.00. The molecule has 0 fully saturated rings. The van der Waals surface area contributed by atoms with E-state index in [0.717, 1.165) is 25.7 Å². The Morgan fingerprint density at radius 2 is 0.550 bits per heavy atom. The molecule has 2 atom stereocenters. The zero-order valence-corrected chi connectivity index (χ0v) is 29.0. The van der Waals surface area contributed by atoms with E-state index in [1.165, 1.54) is 167 Å². The highest BCUT2D eigenvalue weighted by molar-refractivity contribution is 7.40. The van der Waals surface area contributed by atoms with E-state index in [1.54, 1.807) is 0 Å². The fourth-order valence-electron chi connectivity index (χ4n) is 5.74. The zero-order chi connectivity index (χ0) is 29.4. The maximum absolute atomic E-state index is 11.0. The summed E-state index contributed by atoms with van der Waals surface area (Å²) in [6.07, 6.45) is 38.9. The minimum atomic E-state index is -1.78. The third-order valence-electron chi connectivity index (χ3n) is 8.50. The first-order valence-corrected chi connectivity index (χ1v) is 19.6. The average molecular weight is 587 g/mol. The maximum Gasteiger partial charge on any atom is 0.330 e. The van der Waals surface area contributed by atoms with Crippen LogP contribution >= 0.6 is 8.60 Å². The first-order valence-electron chi connectivity index (χ1n) is 18.5. The molecule has 0 bridgehead atoms. The summed E-state index contributed by atoms with van der Waals surface area (Å²) in [5.74, 6) is 0. The lowest BCUT2D eigenvalue weighted by molar-refractivity contribution is 0.0892. The molecule has 0 aliphatic heterocycles. The van der Waals surface area contributed by atoms with Crippen LogP contribution in [0.15, 0.2) is 0 Å². The van der Waals surface area contributed by atoms with Crippen LogP contribution in [-0.4, -0.2) is 17.1 Å². The summed E-state index contributed by atoms with van der Waals surface area (Å²) < 4.78 is 12.6. The minimum absolute atomic E-state index is 0.159. The Bertz CT molecular complexity index is 421. The van der Waals surface area contributed by atoms with Gasteiger partial charge in [-0.2, -0.15) is 0 Å². The van der Waals surface area contributed by atoms with Crippen molar-refractivity contribution in [3.8, 4) is 0 Å². The topological polar surface area (TPSA) is 38.7 Å². The molecule has 40 heavy (non-hydrogen) atoms. The lowest BCUT2D eigenvalue weighted by atomic mass is 10.0. The highest BCUT2D eigenvalue weighted by Gasteiger charge is 2.21. The summed E-state index contributed by atoms with van der Waals surface area (Å²) in [6.45, 7) is 9.13. The molecule has 3 nitrogen and oxygen atoms in total. The van der Waals surface area contributed by atoms with Crippen LogP contribution in [0.25, 0.3) is 0 Å². The normalized spacial score (nSPS) is 14.0.